The molecule has 12 heavy (non-hydrogen) atoms. The standard InChI is InChI=1S/C10H22N2/c1-4-9(8-11-2)12(3)10-6-5-7-10/h9-11H,4-8H2,1-3H3. The third-order valence-electron chi connectivity index (χ3n) is 3.14. The molecule has 2 nitrogen and oxygen atoms in total. The summed E-state index contributed by atoms with van der Waals surface area (Å²) >= 11 is 0. The van der Waals surface area contributed by atoms with E-state index in [0.29, 0.717) is 0 Å². The van der Waals surface area contributed by atoms with Crippen LogP contribution in [0.4, 0.5) is 0 Å². The van der Waals surface area contributed by atoms with Crippen LogP contribution in [0.15, 0.2) is 0 Å². The summed E-state index contributed by atoms with van der Waals surface area (Å²) in [7, 11) is 4.31. The SMILES string of the molecule is CCC(CNC)N(C)C1CCC1. The van der Waals surface area contributed by atoms with Crippen molar-refractivity contribution in [3.63, 3.8) is 0 Å². The van der Waals surface area contributed by atoms with Gasteiger partial charge in [-0.15, -0.1) is 0 Å². The van der Waals surface area contributed by atoms with Crippen LogP contribution >= 0.6 is 0 Å². The average molecular weight is 170 g/mol. The summed E-state index contributed by atoms with van der Waals surface area (Å²) in [5.74, 6) is 0. The van der Waals surface area contributed by atoms with Crippen molar-refractivity contribution >= 4 is 0 Å². The van der Waals surface area contributed by atoms with Crippen LogP contribution in [0.2, 0.25) is 0 Å². The molecule has 1 N–H and O–H groups in total. The van der Waals surface area contributed by atoms with E-state index in [1.807, 2.05) is 7.05 Å². The van der Waals surface area contributed by atoms with E-state index in [1.54, 1.807) is 0 Å². The summed E-state index contributed by atoms with van der Waals surface area (Å²) in [5.41, 5.74) is 0. The summed E-state index contributed by atoms with van der Waals surface area (Å²) in [5, 5.41) is 3.26. The number of nitrogens with zero attached hydrogens (tertiary/aromatic N) is 1. The van der Waals surface area contributed by atoms with Crippen LogP contribution < -0.4 is 5.32 Å². The molecule has 0 spiro atoms. The first-order valence-corrected chi connectivity index (χ1v) is 5.16. The van der Waals surface area contributed by atoms with Crippen molar-refractivity contribution in [1.82, 2.24) is 10.2 Å². The van der Waals surface area contributed by atoms with Gasteiger partial charge in [0.05, 0.1) is 0 Å². The van der Waals surface area contributed by atoms with Gasteiger partial charge in [0.25, 0.3) is 0 Å². The summed E-state index contributed by atoms with van der Waals surface area (Å²) < 4.78 is 0. The second kappa shape index (κ2) is 4.83. The zero-order valence-corrected chi connectivity index (χ0v) is 8.64. The van der Waals surface area contributed by atoms with E-state index in [2.05, 4.69) is 24.2 Å². The first kappa shape index (κ1) is 10.0. The fourth-order valence-corrected chi connectivity index (χ4v) is 1.90. The lowest BCUT2D eigenvalue weighted by molar-refractivity contribution is 0.107. The van der Waals surface area contributed by atoms with E-state index >= 15 is 0 Å². The molecule has 0 aromatic carbocycles. The highest BCUT2D eigenvalue weighted by atomic mass is 15.2. The van der Waals surface area contributed by atoms with Gasteiger partial charge in [0.15, 0.2) is 0 Å². The minimum atomic E-state index is 0.736. The first-order valence-electron chi connectivity index (χ1n) is 5.16. The Hall–Kier alpha value is -0.0800. The smallest absolute Gasteiger partial charge is 0.0217 e. The minimum absolute atomic E-state index is 0.736. The van der Waals surface area contributed by atoms with Crippen LogP contribution in [0, 0.1) is 0 Å². The molecule has 0 amide bonds. The normalized spacial score (nSPS) is 21.0. The fourth-order valence-electron chi connectivity index (χ4n) is 1.90. The lowest BCUT2D eigenvalue weighted by Crippen LogP contribution is -2.47. The molecular formula is C10H22N2. The summed E-state index contributed by atoms with van der Waals surface area (Å²) in [6, 6.07) is 1.61. The molecule has 1 atom stereocenters. The maximum Gasteiger partial charge on any atom is 0.0217 e. The summed E-state index contributed by atoms with van der Waals surface area (Å²) in [4.78, 5) is 2.56. The highest BCUT2D eigenvalue weighted by molar-refractivity contribution is 4.82. The third-order valence-corrected chi connectivity index (χ3v) is 3.14. The minimum Gasteiger partial charge on any atom is -0.318 e. The summed E-state index contributed by atoms with van der Waals surface area (Å²) in [6.45, 7) is 3.40. The summed E-state index contributed by atoms with van der Waals surface area (Å²) in [6.07, 6.45) is 5.52. The molecule has 1 saturated carbocycles. The highest BCUT2D eigenvalue weighted by Crippen LogP contribution is 2.25. The van der Waals surface area contributed by atoms with Crippen LogP contribution in [0.25, 0.3) is 0 Å². The quantitative estimate of drug-likeness (QED) is 0.672. The lowest BCUT2D eigenvalue weighted by atomic mass is 9.90. The van der Waals surface area contributed by atoms with Crippen molar-refractivity contribution in [2.45, 2.75) is 44.7 Å². The number of nitrogens with one attached hydrogen (secondary N) is 1. The second-order valence-corrected chi connectivity index (χ2v) is 3.87. The monoisotopic (exact) mass is 170 g/mol. The Balaban J connectivity index is 2.29. The predicted octanol–water partition coefficient (Wildman–Crippen LogP) is 1.47. The molecule has 0 bridgehead atoms. The van der Waals surface area contributed by atoms with Crippen LogP contribution in [-0.2, 0) is 0 Å². The molecule has 0 aromatic rings. The first-order chi connectivity index (χ1) is 5.79. The van der Waals surface area contributed by atoms with Gasteiger partial charge in [-0.25, -0.2) is 0 Å². The Morgan fingerprint density at radius 1 is 1.50 bits per heavy atom. The average Bonchev–Trinajstić information content (AvgIpc) is 1.96. The van der Waals surface area contributed by atoms with E-state index < -0.39 is 0 Å². The Bertz CT molecular complexity index is 121. The Morgan fingerprint density at radius 2 is 2.17 bits per heavy atom. The molecular weight excluding hydrogens is 148 g/mol. The molecule has 1 aliphatic rings. The van der Waals surface area contributed by atoms with Gasteiger partial charge in [-0.05, 0) is 33.4 Å². The largest absolute Gasteiger partial charge is 0.318 e. The fraction of sp³-hybridized carbons (Fsp3) is 1.00. The number of hydrogen-bond donors (Lipinski definition) is 1. The molecule has 0 aromatic heterocycles. The van der Waals surface area contributed by atoms with Crippen molar-refractivity contribution in [2.24, 2.45) is 0 Å². The van der Waals surface area contributed by atoms with Gasteiger partial charge < -0.3 is 5.32 Å². The third kappa shape index (κ3) is 2.20. The van der Waals surface area contributed by atoms with Crippen molar-refractivity contribution in [2.75, 3.05) is 20.6 Å². The zero-order chi connectivity index (χ0) is 8.97. The molecule has 1 fully saturated rings. The molecule has 0 aliphatic heterocycles. The number of hydrogen-bond acceptors (Lipinski definition) is 2. The maximum atomic E-state index is 3.26. The predicted molar refractivity (Wildman–Crippen MR) is 53.4 cm³/mol. The molecule has 0 radical (unpaired) electrons. The van der Waals surface area contributed by atoms with E-state index in [9.17, 15) is 0 Å². The van der Waals surface area contributed by atoms with Crippen molar-refractivity contribution in [1.29, 1.82) is 0 Å². The molecule has 1 unspecified atom stereocenters. The van der Waals surface area contributed by atoms with Crippen molar-refractivity contribution in [3.05, 3.63) is 0 Å². The van der Waals surface area contributed by atoms with Crippen LogP contribution in [0.5, 0.6) is 0 Å². The van der Waals surface area contributed by atoms with Gasteiger partial charge in [-0.1, -0.05) is 13.3 Å². The molecule has 0 heterocycles. The van der Waals surface area contributed by atoms with Gasteiger partial charge >= 0.3 is 0 Å². The lowest BCUT2D eigenvalue weighted by Gasteiger charge is -2.39. The van der Waals surface area contributed by atoms with Gasteiger partial charge in [-0.3, -0.25) is 4.90 Å². The molecule has 0 saturated heterocycles. The number of likely N-dealkylation sites (N-methyl/N-ethyl adjacent to an activating group) is 2. The second-order valence-electron chi connectivity index (χ2n) is 3.87. The molecule has 72 valence electrons. The van der Waals surface area contributed by atoms with E-state index in [-0.39, 0.29) is 0 Å². The van der Waals surface area contributed by atoms with E-state index in [4.69, 9.17) is 0 Å². The molecule has 1 aliphatic carbocycles. The van der Waals surface area contributed by atoms with Gasteiger partial charge in [0.1, 0.15) is 0 Å². The zero-order valence-electron chi connectivity index (χ0n) is 8.64. The molecule has 2 heteroatoms. The topological polar surface area (TPSA) is 15.3 Å². The Labute approximate surface area is 76.3 Å². The highest BCUT2D eigenvalue weighted by Gasteiger charge is 2.25. The van der Waals surface area contributed by atoms with Crippen LogP contribution in [0.1, 0.15) is 32.6 Å². The van der Waals surface area contributed by atoms with Gasteiger partial charge in [-0.2, -0.15) is 0 Å². The van der Waals surface area contributed by atoms with Crippen LogP contribution in [0.3, 0.4) is 0 Å². The van der Waals surface area contributed by atoms with Crippen molar-refractivity contribution < 1.29 is 0 Å². The Kier molecular flexibility index (Phi) is 4.02. The molecule has 1 rings (SSSR count). The van der Waals surface area contributed by atoms with Gasteiger partial charge in [0, 0.05) is 18.6 Å². The number of rotatable bonds is 5. The van der Waals surface area contributed by atoms with E-state index in [0.717, 1.165) is 18.6 Å². The van der Waals surface area contributed by atoms with E-state index in [1.165, 1.54) is 25.7 Å². The van der Waals surface area contributed by atoms with Gasteiger partial charge in [0.2, 0.25) is 0 Å². The Morgan fingerprint density at radius 3 is 2.50 bits per heavy atom. The van der Waals surface area contributed by atoms with Crippen LogP contribution in [-0.4, -0.2) is 37.6 Å². The maximum absolute atomic E-state index is 3.26. The van der Waals surface area contributed by atoms with Crippen molar-refractivity contribution in [3.8, 4) is 0 Å².